The molecule has 1 N–H and O–H groups in total. The molecule has 0 spiro atoms. The van der Waals surface area contributed by atoms with Crippen LogP contribution >= 0.6 is 11.8 Å². The van der Waals surface area contributed by atoms with Crippen molar-refractivity contribution in [2.24, 2.45) is 5.92 Å². The summed E-state index contributed by atoms with van der Waals surface area (Å²) in [6, 6.07) is 10.7. The number of halogens is 1. The van der Waals surface area contributed by atoms with Gasteiger partial charge in [0, 0.05) is 18.1 Å². The number of nitrogens with one attached hydrogen (secondary N) is 1. The molecule has 39 heavy (non-hydrogen) atoms. The van der Waals surface area contributed by atoms with E-state index in [1.54, 1.807) is 4.57 Å². The number of nitrogens with zero attached hydrogens (tertiary/aromatic N) is 3. The third-order valence-corrected chi connectivity index (χ3v) is 9.59. The van der Waals surface area contributed by atoms with Crippen molar-refractivity contribution in [1.29, 1.82) is 0 Å². The Morgan fingerprint density at radius 1 is 1.05 bits per heavy atom. The van der Waals surface area contributed by atoms with Crippen LogP contribution in [0.1, 0.15) is 82.4 Å². The fraction of sp³-hybridized carbons (Fsp3) is 0.533. The topological polar surface area (TPSA) is 86.0 Å². The van der Waals surface area contributed by atoms with Crippen molar-refractivity contribution < 1.29 is 9.18 Å². The lowest BCUT2D eigenvalue weighted by Crippen LogP contribution is -2.47. The largest absolute Gasteiger partial charge is 0.353 e. The van der Waals surface area contributed by atoms with E-state index in [4.69, 9.17) is 0 Å². The lowest BCUT2D eigenvalue weighted by molar-refractivity contribution is -0.124. The van der Waals surface area contributed by atoms with E-state index in [0.717, 1.165) is 42.5 Å². The Labute approximate surface area is 232 Å². The van der Waals surface area contributed by atoms with E-state index in [0.29, 0.717) is 25.7 Å². The van der Waals surface area contributed by atoms with E-state index < -0.39 is 11.4 Å². The van der Waals surface area contributed by atoms with Crippen LogP contribution in [0.2, 0.25) is 0 Å². The average Bonchev–Trinajstić information content (AvgIpc) is 2.95. The van der Waals surface area contributed by atoms with Gasteiger partial charge in [0.25, 0.3) is 5.56 Å². The van der Waals surface area contributed by atoms with E-state index in [2.05, 4.69) is 24.1 Å². The Morgan fingerprint density at radius 2 is 1.72 bits per heavy atom. The van der Waals surface area contributed by atoms with Gasteiger partial charge in [-0.15, -0.1) is 0 Å². The van der Waals surface area contributed by atoms with E-state index in [-0.39, 0.29) is 52.6 Å². The van der Waals surface area contributed by atoms with Crippen LogP contribution in [0, 0.1) is 11.7 Å². The van der Waals surface area contributed by atoms with Crippen LogP contribution in [0.15, 0.2) is 52.2 Å². The third kappa shape index (κ3) is 5.69. The molecule has 1 saturated heterocycles. The zero-order valence-electron chi connectivity index (χ0n) is 22.6. The first-order valence-electron chi connectivity index (χ1n) is 14.1. The van der Waals surface area contributed by atoms with E-state index in [1.165, 1.54) is 10.6 Å². The Hall–Kier alpha value is -2.94. The maximum absolute atomic E-state index is 14.2. The van der Waals surface area contributed by atoms with Crippen LogP contribution in [0.4, 0.5) is 4.39 Å². The van der Waals surface area contributed by atoms with Gasteiger partial charge in [0.15, 0.2) is 0 Å². The number of amides is 1. The van der Waals surface area contributed by atoms with Gasteiger partial charge in [0.2, 0.25) is 5.91 Å². The standard InChI is InChI=1S/C30H37FN4O3S/c1-3-19(2)26(20-7-5-4-6-8-20)28(36)33-22-9-11-23(12-10-22)35-29(37)25-17-21(31)18-32-27(25)34(30(35)38)24-13-15-39-16-14-24/h4-8,17-19,22-24,26H,3,9-16H2,1-2H3,(H,33,36). The fourth-order valence-electron chi connectivity index (χ4n) is 6.20. The molecule has 1 aromatic carbocycles. The number of pyridine rings is 1. The predicted octanol–water partition coefficient (Wildman–Crippen LogP) is 5.20. The van der Waals surface area contributed by atoms with Crippen molar-refractivity contribution in [3.8, 4) is 0 Å². The van der Waals surface area contributed by atoms with E-state index in [1.807, 2.05) is 42.1 Å². The quantitative estimate of drug-likeness (QED) is 0.436. The number of aromatic nitrogens is 3. The number of carbonyl (C=O) groups is 1. The van der Waals surface area contributed by atoms with Crippen LogP contribution in [0.25, 0.3) is 11.0 Å². The van der Waals surface area contributed by atoms with Gasteiger partial charge in [-0.05, 0) is 67.6 Å². The Morgan fingerprint density at radius 3 is 2.38 bits per heavy atom. The van der Waals surface area contributed by atoms with Gasteiger partial charge in [-0.2, -0.15) is 11.8 Å². The van der Waals surface area contributed by atoms with Crippen molar-refractivity contribution in [3.05, 3.63) is 74.8 Å². The average molecular weight is 553 g/mol. The summed E-state index contributed by atoms with van der Waals surface area (Å²) in [4.78, 5) is 44.9. The highest BCUT2D eigenvalue weighted by Crippen LogP contribution is 2.32. The zero-order valence-corrected chi connectivity index (χ0v) is 23.5. The maximum Gasteiger partial charge on any atom is 0.333 e. The third-order valence-electron chi connectivity index (χ3n) is 8.54. The number of thioether (sulfide) groups is 1. The van der Waals surface area contributed by atoms with Crippen molar-refractivity contribution in [2.45, 2.75) is 82.8 Å². The second-order valence-corrected chi connectivity index (χ2v) is 12.2. The molecule has 208 valence electrons. The number of rotatable bonds is 7. The van der Waals surface area contributed by atoms with Crippen molar-refractivity contribution in [2.75, 3.05) is 11.5 Å². The van der Waals surface area contributed by atoms with Crippen molar-refractivity contribution >= 4 is 28.7 Å². The summed E-state index contributed by atoms with van der Waals surface area (Å²) in [6.07, 6.45) is 6.13. The van der Waals surface area contributed by atoms with Gasteiger partial charge in [-0.1, -0.05) is 50.6 Å². The zero-order chi connectivity index (χ0) is 27.5. The van der Waals surface area contributed by atoms with Crippen molar-refractivity contribution in [3.63, 3.8) is 0 Å². The maximum atomic E-state index is 14.2. The first-order chi connectivity index (χ1) is 18.9. The summed E-state index contributed by atoms with van der Waals surface area (Å²) in [7, 11) is 0. The lowest BCUT2D eigenvalue weighted by atomic mass is 9.84. The van der Waals surface area contributed by atoms with Gasteiger partial charge in [-0.3, -0.25) is 18.7 Å². The second kappa shape index (κ2) is 12.1. The molecule has 2 unspecified atom stereocenters. The minimum atomic E-state index is -0.587. The minimum absolute atomic E-state index is 0.0168. The van der Waals surface area contributed by atoms with Gasteiger partial charge < -0.3 is 5.32 Å². The predicted molar refractivity (Wildman–Crippen MR) is 154 cm³/mol. The van der Waals surface area contributed by atoms with Gasteiger partial charge in [-0.25, -0.2) is 14.2 Å². The number of hydrogen-bond acceptors (Lipinski definition) is 5. The summed E-state index contributed by atoms with van der Waals surface area (Å²) < 4.78 is 17.1. The van der Waals surface area contributed by atoms with Gasteiger partial charge in [0.1, 0.15) is 11.5 Å². The molecule has 1 amide bonds. The normalized spacial score (nSPS) is 21.9. The van der Waals surface area contributed by atoms with Crippen LogP contribution in [-0.2, 0) is 4.79 Å². The molecule has 0 bridgehead atoms. The number of carbonyl (C=O) groups excluding carboxylic acids is 1. The summed E-state index contributed by atoms with van der Waals surface area (Å²) in [6.45, 7) is 4.20. The highest BCUT2D eigenvalue weighted by atomic mass is 32.2. The summed E-state index contributed by atoms with van der Waals surface area (Å²) >= 11 is 1.85. The van der Waals surface area contributed by atoms with E-state index >= 15 is 0 Å². The summed E-state index contributed by atoms with van der Waals surface area (Å²) in [5.41, 5.74) is 0.467. The first-order valence-corrected chi connectivity index (χ1v) is 15.3. The Balaban J connectivity index is 1.38. The molecule has 3 heterocycles. The molecule has 2 aromatic heterocycles. The molecule has 2 fully saturated rings. The number of fused-ring (bicyclic) bond motifs is 1. The molecule has 3 aromatic rings. The smallest absolute Gasteiger partial charge is 0.333 e. The van der Waals surface area contributed by atoms with Gasteiger partial charge in [0.05, 0.1) is 17.5 Å². The summed E-state index contributed by atoms with van der Waals surface area (Å²) in [5.74, 6) is 1.29. The van der Waals surface area contributed by atoms with Crippen LogP contribution in [0.5, 0.6) is 0 Å². The first kappa shape index (κ1) is 27.6. The molecule has 5 rings (SSSR count). The molecule has 9 heteroatoms. The molecule has 2 atom stereocenters. The number of benzene rings is 1. The van der Waals surface area contributed by atoms with Crippen LogP contribution in [0.3, 0.4) is 0 Å². The molecular formula is C30H37FN4O3S. The Bertz CT molecular complexity index is 1430. The minimum Gasteiger partial charge on any atom is -0.353 e. The molecular weight excluding hydrogens is 515 g/mol. The molecule has 2 aliphatic rings. The SMILES string of the molecule is CCC(C)C(C(=O)NC1CCC(n2c(=O)c3cc(F)cnc3n(C3CCSCC3)c2=O)CC1)c1ccccc1. The highest BCUT2D eigenvalue weighted by molar-refractivity contribution is 7.99. The van der Waals surface area contributed by atoms with Crippen LogP contribution in [-0.4, -0.2) is 37.6 Å². The molecule has 1 saturated carbocycles. The van der Waals surface area contributed by atoms with E-state index in [9.17, 15) is 18.8 Å². The lowest BCUT2D eigenvalue weighted by Gasteiger charge is -2.33. The summed E-state index contributed by atoms with van der Waals surface area (Å²) in [5, 5.41) is 3.42. The van der Waals surface area contributed by atoms with Gasteiger partial charge >= 0.3 is 5.69 Å². The highest BCUT2D eigenvalue weighted by Gasteiger charge is 2.32. The monoisotopic (exact) mass is 552 g/mol. The molecule has 1 aliphatic heterocycles. The Kier molecular flexibility index (Phi) is 8.54. The molecule has 7 nitrogen and oxygen atoms in total. The van der Waals surface area contributed by atoms with Crippen LogP contribution < -0.4 is 16.6 Å². The second-order valence-electron chi connectivity index (χ2n) is 11.0. The molecule has 0 radical (unpaired) electrons. The number of hydrogen-bond donors (Lipinski definition) is 1. The fourth-order valence-corrected chi connectivity index (χ4v) is 7.28. The van der Waals surface area contributed by atoms with Crippen molar-refractivity contribution in [1.82, 2.24) is 19.4 Å². The molecule has 1 aliphatic carbocycles.